The van der Waals surface area contributed by atoms with Gasteiger partial charge in [-0.1, -0.05) is 6.92 Å². The van der Waals surface area contributed by atoms with Crippen LogP contribution in [0.15, 0.2) is 6.33 Å². The molecule has 1 unspecified atom stereocenters. The molecule has 0 radical (unpaired) electrons. The molecule has 0 saturated carbocycles. The first-order valence-electron chi connectivity index (χ1n) is 6.88. The number of hydrogen-bond acceptors (Lipinski definition) is 4. The van der Waals surface area contributed by atoms with Crippen LogP contribution in [0.2, 0.25) is 0 Å². The zero-order chi connectivity index (χ0) is 14.0. The molecule has 1 atom stereocenters. The van der Waals surface area contributed by atoms with Gasteiger partial charge in [0.1, 0.15) is 17.7 Å². The zero-order valence-electron chi connectivity index (χ0n) is 11.8. The molecule has 6 nitrogen and oxygen atoms in total. The molecule has 1 N–H and O–H groups in total. The van der Waals surface area contributed by atoms with Gasteiger partial charge in [-0.25, -0.2) is 9.67 Å². The average Bonchev–Trinajstić information content (AvgIpc) is 2.96. The lowest BCUT2D eigenvalue weighted by Gasteiger charge is -2.33. The molecule has 0 bridgehead atoms. The van der Waals surface area contributed by atoms with Gasteiger partial charge in [0.25, 0.3) is 0 Å². The van der Waals surface area contributed by atoms with Crippen LogP contribution >= 0.6 is 0 Å². The van der Waals surface area contributed by atoms with Crippen molar-refractivity contribution in [2.75, 3.05) is 6.54 Å². The van der Waals surface area contributed by atoms with Crippen molar-refractivity contribution < 1.29 is 9.90 Å². The van der Waals surface area contributed by atoms with E-state index in [1.807, 2.05) is 30.4 Å². The molecule has 2 rings (SSSR count). The molecule has 19 heavy (non-hydrogen) atoms. The Kier molecular flexibility index (Phi) is 3.89. The van der Waals surface area contributed by atoms with Crippen LogP contribution in [-0.4, -0.2) is 42.8 Å². The van der Waals surface area contributed by atoms with Gasteiger partial charge >= 0.3 is 5.97 Å². The Balaban J connectivity index is 2.22. The quantitative estimate of drug-likeness (QED) is 0.878. The highest BCUT2D eigenvalue weighted by Gasteiger charge is 2.46. The van der Waals surface area contributed by atoms with Gasteiger partial charge < -0.3 is 5.11 Å². The van der Waals surface area contributed by atoms with Crippen molar-refractivity contribution >= 4 is 5.97 Å². The van der Waals surface area contributed by atoms with Crippen molar-refractivity contribution in [3.8, 4) is 0 Å². The summed E-state index contributed by atoms with van der Waals surface area (Å²) in [5.74, 6) is 0.124. The predicted molar refractivity (Wildman–Crippen MR) is 70.7 cm³/mol. The maximum Gasteiger partial charge on any atom is 0.324 e. The molecule has 1 aliphatic rings. The second kappa shape index (κ2) is 5.28. The van der Waals surface area contributed by atoms with Gasteiger partial charge in [-0.05, 0) is 39.7 Å². The Bertz CT molecular complexity index is 457. The normalized spacial score (nSPS) is 24.2. The maximum absolute atomic E-state index is 11.6. The Morgan fingerprint density at radius 1 is 1.58 bits per heavy atom. The SMILES string of the molecule is CCC1(C(=O)O)CCCN1Cc1ncnn1C(C)C. The molecule has 1 saturated heterocycles. The molecule has 0 aromatic carbocycles. The van der Waals surface area contributed by atoms with Gasteiger partial charge in [0.2, 0.25) is 0 Å². The summed E-state index contributed by atoms with van der Waals surface area (Å²) < 4.78 is 1.86. The van der Waals surface area contributed by atoms with E-state index in [2.05, 4.69) is 10.1 Å². The highest BCUT2D eigenvalue weighted by molar-refractivity contribution is 5.79. The molecule has 1 aliphatic heterocycles. The fourth-order valence-corrected chi connectivity index (χ4v) is 2.95. The third-order valence-electron chi connectivity index (χ3n) is 4.08. The van der Waals surface area contributed by atoms with Crippen molar-refractivity contribution in [1.29, 1.82) is 0 Å². The maximum atomic E-state index is 11.6. The summed E-state index contributed by atoms with van der Waals surface area (Å²) in [6.07, 6.45) is 3.81. The van der Waals surface area contributed by atoms with Gasteiger partial charge in [-0.2, -0.15) is 5.10 Å². The monoisotopic (exact) mass is 266 g/mol. The smallest absolute Gasteiger partial charge is 0.324 e. The molecule has 2 heterocycles. The number of aliphatic carboxylic acids is 1. The van der Waals surface area contributed by atoms with E-state index in [1.54, 1.807) is 6.33 Å². The third kappa shape index (κ3) is 2.36. The number of likely N-dealkylation sites (tertiary alicyclic amines) is 1. The van der Waals surface area contributed by atoms with Gasteiger partial charge in [-0.3, -0.25) is 9.69 Å². The summed E-state index contributed by atoms with van der Waals surface area (Å²) in [7, 11) is 0. The van der Waals surface area contributed by atoms with Crippen LogP contribution in [0.4, 0.5) is 0 Å². The summed E-state index contributed by atoms with van der Waals surface area (Å²) in [6.45, 7) is 7.40. The molecule has 1 fully saturated rings. The summed E-state index contributed by atoms with van der Waals surface area (Å²) >= 11 is 0. The highest BCUT2D eigenvalue weighted by atomic mass is 16.4. The first kappa shape index (κ1) is 14.0. The fourth-order valence-electron chi connectivity index (χ4n) is 2.95. The number of nitrogens with zero attached hydrogens (tertiary/aromatic N) is 4. The van der Waals surface area contributed by atoms with E-state index < -0.39 is 11.5 Å². The van der Waals surface area contributed by atoms with Gasteiger partial charge in [-0.15, -0.1) is 0 Å². The van der Waals surface area contributed by atoms with Crippen molar-refractivity contribution in [3.05, 3.63) is 12.2 Å². The van der Waals surface area contributed by atoms with Gasteiger partial charge in [0.15, 0.2) is 0 Å². The van der Waals surface area contributed by atoms with Crippen molar-refractivity contribution in [3.63, 3.8) is 0 Å². The Labute approximate surface area is 113 Å². The lowest BCUT2D eigenvalue weighted by atomic mass is 9.93. The largest absolute Gasteiger partial charge is 0.480 e. The Hall–Kier alpha value is -1.43. The zero-order valence-corrected chi connectivity index (χ0v) is 11.8. The lowest BCUT2D eigenvalue weighted by molar-refractivity contribution is -0.150. The van der Waals surface area contributed by atoms with Crippen LogP contribution in [0.5, 0.6) is 0 Å². The minimum absolute atomic E-state index is 0.237. The molecule has 106 valence electrons. The molecular weight excluding hydrogens is 244 g/mol. The molecular formula is C13H22N4O2. The summed E-state index contributed by atoms with van der Waals surface area (Å²) in [6, 6.07) is 0.237. The summed E-state index contributed by atoms with van der Waals surface area (Å²) in [5, 5.41) is 13.8. The molecule has 0 spiro atoms. The van der Waals surface area contributed by atoms with E-state index in [0.29, 0.717) is 19.4 Å². The number of hydrogen-bond donors (Lipinski definition) is 1. The molecule has 0 aliphatic carbocycles. The first-order chi connectivity index (χ1) is 9.01. The van der Waals surface area contributed by atoms with E-state index in [0.717, 1.165) is 18.8 Å². The standard InChI is InChI=1S/C13H22N4O2/c1-4-13(12(18)19)6-5-7-16(13)8-11-14-9-15-17(11)10(2)3/h9-10H,4-8H2,1-3H3,(H,18,19). The van der Waals surface area contributed by atoms with E-state index >= 15 is 0 Å². The minimum Gasteiger partial charge on any atom is -0.480 e. The van der Waals surface area contributed by atoms with Crippen LogP contribution < -0.4 is 0 Å². The predicted octanol–water partition coefficient (Wildman–Crippen LogP) is 1.69. The fraction of sp³-hybridized carbons (Fsp3) is 0.769. The molecule has 1 aromatic heterocycles. The number of carbonyl (C=O) groups is 1. The lowest BCUT2D eigenvalue weighted by Crippen LogP contribution is -2.49. The first-order valence-corrected chi connectivity index (χ1v) is 6.88. The van der Waals surface area contributed by atoms with Crippen LogP contribution in [0, 0.1) is 0 Å². The van der Waals surface area contributed by atoms with E-state index in [9.17, 15) is 9.90 Å². The van der Waals surface area contributed by atoms with Crippen LogP contribution in [0.1, 0.15) is 51.9 Å². The van der Waals surface area contributed by atoms with Crippen molar-refractivity contribution in [2.45, 2.75) is 58.2 Å². The van der Waals surface area contributed by atoms with Crippen molar-refractivity contribution in [2.24, 2.45) is 0 Å². The number of carboxylic acid groups (broad SMARTS) is 1. The van der Waals surface area contributed by atoms with Crippen LogP contribution in [0.3, 0.4) is 0 Å². The molecule has 6 heteroatoms. The van der Waals surface area contributed by atoms with E-state index in [4.69, 9.17) is 0 Å². The average molecular weight is 266 g/mol. The second-order valence-corrected chi connectivity index (χ2v) is 5.43. The highest BCUT2D eigenvalue weighted by Crippen LogP contribution is 2.33. The topological polar surface area (TPSA) is 71.2 Å². The number of rotatable bonds is 5. The van der Waals surface area contributed by atoms with E-state index in [-0.39, 0.29) is 6.04 Å². The van der Waals surface area contributed by atoms with Crippen molar-refractivity contribution in [1.82, 2.24) is 19.7 Å². The molecule has 0 amide bonds. The van der Waals surface area contributed by atoms with Gasteiger partial charge in [0.05, 0.1) is 6.54 Å². The van der Waals surface area contributed by atoms with E-state index in [1.165, 1.54) is 0 Å². The summed E-state index contributed by atoms with van der Waals surface area (Å²) in [5.41, 5.74) is -0.728. The second-order valence-electron chi connectivity index (χ2n) is 5.43. The number of aromatic nitrogens is 3. The Morgan fingerprint density at radius 2 is 2.32 bits per heavy atom. The Morgan fingerprint density at radius 3 is 2.89 bits per heavy atom. The van der Waals surface area contributed by atoms with Crippen LogP contribution in [-0.2, 0) is 11.3 Å². The minimum atomic E-state index is -0.728. The molecule has 1 aromatic rings. The van der Waals surface area contributed by atoms with Crippen LogP contribution in [0.25, 0.3) is 0 Å². The summed E-state index contributed by atoms with van der Waals surface area (Å²) in [4.78, 5) is 17.9. The van der Waals surface area contributed by atoms with Gasteiger partial charge in [0, 0.05) is 6.04 Å². The number of carboxylic acids is 1. The third-order valence-corrected chi connectivity index (χ3v) is 4.08.